The van der Waals surface area contributed by atoms with E-state index in [1.807, 2.05) is 6.92 Å². The van der Waals surface area contributed by atoms with Gasteiger partial charge in [-0.1, -0.05) is 13.3 Å². The second-order valence-corrected chi connectivity index (χ2v) is 2.62. The van der Waals surface area contributed by atoms with Gasteiger partial charge >= 0.3 is 5.97 Å². The molecule has 0 saturated heterocycles. The summed E-state index contributed by atoms with van der Waals surface area (Å²) in [6.45, 7) is 1.94. The van der Waals surface area contributed by atoms with E-state index in [0.29, 0.717) is 6.42 Å². The molecule has 0 radical (unpaired) electrons. The van der Waals surface area contributed by atoms with Crippen LogP contribution in [-0.2, 0) is 4.79 Å². The fourth-order valence-electron chi connectivity index (χ4n) is 0.856. The van der Waals surface area contributed by atoms with Crippen LogP contribution < -0.4 is 5.73 Å². The van der Waals surface area contributed by atoms with Gasteiger partial charge in [0.1, 0.15) is 0 Å². The molecule has 0 aromatic heterocycles. The molecule has 0 spiro atoms. The monoisotopic (exact) mass is 161 g/mol. The van der Waals surface area contributed by atoms with Gasteiger partial charge in [-0.3, -0.25) is 4.79 Å². The van der Waals surface area contributed by atoms with Crippen molar-refractivity contribution in [3.8, 4) is 0 Å². The predicted molar refractivity (Wildman–Crippen MR) is 41.1 cm³/mol. The Hall–Kier alpha value is -0.610. The Bertz CT molecular complexity index is 127. The SMILES string of the molecule is CCCC(N)C(O)CC(=O)O. The second kappa shape index (κ2) is 5.09. The number of aliphatic hydroxyl groups excluding tert-OH is 1. The summed E-state index contributed by atoms with van der Waals surface area (Å²) in [4.78, 5) is 10.1. The summed E-state index contributed by atoms with van der Waals surface area (Å²) in [7, 11) is 0. The normalized spacial score (nSPS) is 15.9. The van der Waals surface area contributed by atoms with Gasteiger partial charge in [0.25, 0.3) is 0 Å². The van der Waals surface area contributed by atoms with E-state index in [9.17, 15) is 4.79 Å². The van der Waals surface area contributed by atoms with Gasteiger partial charge in [-0.2, -0.15) is 0 Å². The number of aliphatic carboxylic acids is 1. The van der Waals surface area contributed by atoms with Crippen LogP contribution >= 0.6 is 0 Å². The molecule has 66 valence electrons. The van der Waals surface area contributed by atoms with Crippen LogP contribution in [0.25, 0.3) is 0 Å². The van der Waals surface area contributed by atoms with Crippen LogP contribution in [0.3, 0.4) is 0 Å². The molecule has 0 rings (SSSR count). The molecule has 11 heavy (non-hydrogen) atoms. The first-order chi connectivity index (χ1) is 5.07. The Kier molecular flexibility index (Phi) is 4.81. The lowest BCUT2D eigenvalue weighted by molar-refractivity contribution is -0.139. The van der Waals surface area contributed by atoms with Gasteiger partial charge in [0.2, 0.25) is 0 Å². The minimum atomic E-state index is -1.01. The zero-order valence-electron chi connectivity index (χ0n) is 6.66. The summed E-state index contributed by atoms with van der Waals surface area (Å²) in [5.74, 6) is -1.01. The standard InChI is InChI=1S/C7H15NO3/c1-2-3-5(8)6(9)4-7(10)11/h5-6,9H,2-4,8H2,1H3,(H,10,11). The highest BCUT2D eigenvalue weighted by Crippen LogP contribution is 2.02. The third kappa shape index (κ3) is 4.75. The fraction of sp³-hybridized carbons (Fsp3) is 0.857. The number of rotatable bonds is 5. The molecule has 0 aromatic carbocycles. The van der Waals surface area contributed by atoms with Crippen molar-refractivity contribution in [1.29, 1.82) is 0 Å². The third-order valence-electron chi connectivity index (χ3n) is 1.50. The molecule has 0 heterocycles. The van der Waals surface area contributed by atoms with Crippen LogP contribution in [0.1, 0.15) is 26.2 Å². The molecule has 0 aliphatic carbocycles. The zero-order valence-corrected chi connectivity index (χ0v) is 6.66. The summed E-state index contributed by atoms with van der Waals surface area (Å²) in [6.07, 6.45) is 0.348. The lowest BCUT2D eigenvalue weighted by Crippen LogP contribution is -2.35. The Morgan fingerprint density at radius 3 is 2.55 bits per heavy atom. The molecule has 0 saturated carbocycles. The summed E-state index contributed by atoms with van der Waals surface area (Å²) < 4.78 is 0. The largest absolute Gasteiger partial charge is 0.481 e. The van der Waals surface area contributed by atoms with Gasteiger partial charge < -0.3 is 15.9 Å². The maximum absolute atomic E-state index is 10.1. The molecule has 4 heteroatoms. The van der Waals surface area contributed by atoms with Crippen LogP contribution in [0.2, 0.25) is 0 Å². The maximum atomic E-state index is 10.1. The van der Waals surface area contributed by atoms with E-state index in [-0.39, 0.29) is 6.42 Å². The highest BCUT2D eigenvalue weighted by molar-refractivity contribution is 5.67. The van der Waals surface area contributed by atoms with Crippen molar-refractivity contribution in [2.75, 3.05) is 0 Å². The molecular weight excluding hydrogens is 146 g/mol. The van der Waals surface area contributed by atoms with Crippen molar-refractivity contribution < 1.29 is 15.0 Å². The van der Waals surface area contributed by atoms with Crippen LogP contribution in [-0.4, -0.2) is 28.3 Å². The molecule has 4 N–H and O–H groups in total. The highest BCUT2D eigenvalue weighted by Gasteiger charge is 2.16. The smallest absolute Gasteiger partial charge is 0.306 e. The Balaban J connectivity index is 3.63. The second-order valence-electron chi connectivity index (χ2n) is 2.62. The number of aliphatic hydroxyl groups is 1. The Labute approximate surface area is 66.0 Å². The molecule has 0 aliphatic heterocycles. The van der Waals surface area contributed by atoms with Crippen molar-refractivity contribution in [3.63, 3.8) is 0 Å². The van der Waals surface area contributed by atoms with E-state index in [4.69, 9.17) is 15.9 Å². The maximum Gasteiger partial charge on any atom is 0.306 e. The topological polar surface area (TPSA) is 83.5 Å². The molecule has 2 unspecified atom stereocenters. The minimum Gasteiger partial charge on any atom is -0.481 e. The predicted octanol–water partition coefficient (Wildman–Crippen LogP) is -0.0506. The van der Waals surface area contributed by atoms with Gasteiger partial charge in [0.15, 0.2) is 0 Å². The number of hydrogen-bond acceptors (Lipinski definition) is 3. The van der Waals surface area contributed by atoms with E-state index >= 15 is 0 Å². The van der Waals surface area contributed by atoms with Crippen LogP contribution in [0.5, 0.6) is 0 Å². The molecule has 0 bridgehead atoms. The summed E-state index contributed by atoms with van der Waals surface area (Å²) in [5, 5.41) is 17.4. The van der Waals surface area contributed by atoms with E-state index in [2.05, 4.69) is 0 Å². The summed E-state index contributed by atoms with van der Waals surface area (Å²) >= 11 is 0. The van der Waals surface area contributed by atoms with Crippen LogP contribution in [0, 0.1) is 0 Å². The Morgan fingerprint density at radius 2 is 2.18 bits per heavy atom. The van der Waals surface area contributed by atoms with Gasteiger partial charge in [-0.05, 0) is 6.42 Å². The molecule has 0 aromatic rings. The molecule has 0 aliphatic rings. The van der Waals surface area contributed by atoms with Crippen LogP contribution in [0.15, 0.2) is 0 Å². The van der Waals surface area contributed by atoms with Crippen LogP contribution in [0.4, 0.5) is 0 Å². The van der Waals surface area contributed by atoms with E-state index < -0.39 is 18.1 Å². The molecular formula is C7H15NO3. The molecule has 0 fully saturated rings. The first-order valence-corrected chi connectivity index (χ1v) is 3.73. The first-order valence-electron chi connectivity index (χ1n) is 3.73. The molecule has 2 atom stereocenters. The van der Waals surface area contributed by atoms with Crippen molar-refractivity contribution in [1.82, 2.24) is 0 Å². The summed E-state index contributed by atoms with van der Waals surface area (Å²) in [5.41, 5.74) is 5.46. The molecule has 0 amide bonds. The first kappa shape index (κ1) is 10.4. The molecule has 4 nitrogen and oxygen atoms in total. The summed E-state index contributed by atoms with van der Waals surface area (Å²) in [6, 6.07) is -0.406. The van der Waals surface area contributed by atoms with Crippen molar-refractivity contribution in [2.45, 2.75) is 38.3 Å². The van der Waals surface area contributed by atoms with Gasteiger partial charge in [0.05, 0.1) is 12.5 Å². The number of carboxylic acid groups (broad SMARTS) is 1. The van der Waals surface area contributed by atoms with Gasteiger partial charge in [0, 0.05) is 6.04 Å². The quantitative estimate of drug-likeness (QED) is 0.528. The minimum absolute atomic E-state index is 0.263. The number of nitrogens with two attached hydrogens (primary N) is 1. The van der Waals surface area contributed by atoms with Gasteiger partial charge in [-0.25, -0.2) is 0 Å². The number of carboxylic acids is 1. The highest BCUT2D eigenvalue weighted by atomic mass is 16.4. The number of hydrogen-bond donors (Lipinski definition) is 3. The number of carbonyl (C=O) groups is 1. The van der Waals surface area contributed by atoms with Crippen molar-refractivity contribution >= 4 is 5.97 Å². The fourth-order valence-corrected chi connectivity index (χ4v) is 0.856. The van der Waals surface area contributed by atoms with E-state index in [0.717, 1.165) is 6.42 Å². The lowest BCUT2D eigenvalue weighted by Gasteiger charge is -2.15. The average molecular weight is 161 g/mol. The van der Waals surface area contributed by atoms with Gasteiger partial charge in [-0.15, -0.1) is 0 Å². The third-order valence-corrected chi connectivity index (χ3v) is 1.50. The Morgan fingerprint density at radius 1 is 1.64 bits per heavy atom. The van der Waals surface area contributed by atoms with Crippen molar-refractivity contribution in [3.05, 3.63) is 0 Å². The average Bonchev–Trinajstić information content (AvgIpc) is 1.86. The van der Waals surface area contributed by atoms with E-state index in [1.165, 1.54) is 0 Å². The van der Waals surface area contributed by atoms with Crippen molar-refractivity contribution in [2.24, 2.45) is 5.73 Å². The lowest BCUT2D eigenvalue weighted by atomic mass is 10.0. The zero-order chi connectivity index (χ0) is 8.85. The van der Waals surface area contributed by atoms with E-state index in [1.54, 1.807) is 0 Å².